The third-order valence-corrected chi connectivity index (χ3v) is 3.67. The molecule has 1 atom stereocenters. The van der Waals surface area contributed by atoms with E-state index in [0.717, 1.165) is 29.7 Å². The van der Waals surface area contributed by atoms with Gasteiger partial charge >= 0.3 is 0 Å². The van der Waals surface area contributed by atoms with Gasteiger partial charge in [-0.1, -0.05) is 0 Å². The van der Waals surface area contributed by atoms with E-state index in [1.165, 1.54) is 6.07 Å². The van der Waals surface area contributed by atoms with E-state index in [2.05, 4.69) is 15.4 Å². The van der Waals surface area contributed by atoms with Crippen LogP contribution in [0.25, 0.3) is 11.3 Å². The highest BCUT2D eigenvalue weighted by Gasteiger charge is 2.16. The highest BCUT2D eigenvalue weighted by molar-refractivity contribution is 5.75. The lowest BCUT2D eigenvalue weighted by molar-refractivity contribution is -0.122. The van der Waals surface area contributed by atoms with Crippen LogP contribution in [0.2, 0.25) is 0 Å². The molecule has 7 heteroatoms. The van der Waals surface area contributed by atoms with Crippen molar-refractivity contribution >= 4 is 5.91 Å². The minimum absolute atomic E-state index is 0.0744. The van der Waals surface area contributed by atoms with E-state index in [1.807, 2.05) is 6.07 Å². The number of carbonyl (C=O) groups excluding carboxylic acids is 1. The summed E-state index contributed by atoms with van der Waals surface area (Å²) in [7, 11) is 0. The van der Waals surface area contributed by atoms with Crippen LogP contribution in [0.4, 0.5) is 0 Å². The Kier molecular flexibility index (Phi) is 4.77. The highest BCUT2D eigenvalue weighted by atomic mass is 16.5. The first-order valence-electron chi connectivity index (χ1n) is 7.59. The first-order valence-corrected chi connectivity index (χ1v) is 7.59. The average Bonchev–Trinajstić information content (AvgIpc) is 3.09. The van der Waals surface area contributed by atoms with Gasteiger partial charge in [0.2, 0.25) is 5.91 Å². The van der Waals surface area contributed by atoms with Crippen molar-refractivity contribution in [2.75, 3.05) is 13.2 Å². The summed E-state index contributed by atoms with van der Waals surface area (Å²) in [6.45, 7) is 1.10. The Morgan fingerprint density at radius 1 is 1.39 bits per heavy atom. The number of nitrogens with one attached hydrogen (secondary N) is 1. The van der Waals surface area contributed by atoms with Crippen molar-refractivity contribution in [3.05, 3.63) is 47.0 Å². The van der Waals surface area contributed by atoms with E-state index in [4.69, 9.17) is 4.74 Å². The number of hydrogen-bond acceptors (Lipinski definition) is 5. The van der Waals surface area contributed by atoms with Crippen LogP contribution >= 0.6 is 0 Å². The lowest BCUT2D eigenvalue weighted by Crippen LogP contribution is -2.37. The Morgan fingerprint density at radius 3 is 3.04 bits per heavy atom. The normalized spacial score (nSPS) is 17.1. The molecule has 0 spiro atoms. The van der Waals surface area contributed by atoms with Gasteiger partial charge in [0, 0.05) is 37.2 Å². The Labute approximate surface area is 133 Å². The predicted molar refractivity (Wildman–Crippen MR) is 83.7 cm³/mol. The number of aromatic nitrogens is 3. The molecular weight excluding hydrogens is 296 g/mol. The van der Waals surface area contributed by atoms with Crippen molar-refractivity contribution in [3.63, 3.8) is 0 Å². The number of ether oxygens (including phenoxy) is 1. The standard InChI is InChI=1S/C16H18N4O3/c21-15(18-10-13-4-2-8-23-13)11-20-16(22)6-5-14(19-20)12-3-1-7-17-9-12/h1,3,5-7,9,13H,2,4,8,10-11H2,(H,18,21). The van der Waals surface area contributed by atoms with Crippen LogP contribution in [0.5, 0.6) is 0 Å². The summed E-state index contributed by atoms with van der Waals surface area (Å²) in [4.78, 5) is 27.9. The van der Waals surface area contributed by atoms with E-state index in [1.54, 1.807) is 24.5 Å². The third-order valence-electron chi connectivity index (χ3n) is 3.67. The molecule has 2 aromatic rings. The zero-order valence-corrected chi connectivity index (χ0v) is 12.6. The lowest BCUT2D eigenvalue weighted by Gasteiger charge is -2.11. The zero-order valence-electron chi connectivity index (χ0n) is 12.6. The van der Waals surface area contributed by atoms with Gasteiger partial charge in [0.1, 0.15) is 6.54 Å². The monoisotopic (exact) mass is 314 g/mol. The van der Waals surface area contributed by atoms with Crippen LogP contribution in [-0.2, 0) is 16.1 Å². The molecule has 1 N–H and O–H groups in total. The molecule has 1 fully saturated rings. The van der Waals surface area contributed by atoms with Gasteiger partial charge in [0.15, 0.2) is 0 Å². The maximum Gasteiger partial charge on any atom is 0.267 e. The molecule has 1 amide bonds. The summed E-state index contributed by atoms with van der Waals surface area (Å²) in [6, 6.07) is 6.67. The quantitative estimate of drug-likeness (QED) is 0.873. The fraction of sp³-hybridized carbons (Fsp3) is 0.375. The van der Waals surface area contributed by atoms with Crippen molar-refractivity contribution in [2.24, 2.45) is 0 Å². The maximum atomic E-state index is 12.0. The van der Waals surface area contributed by atoms with Gasteiger partial charge in [-0.3, -0.25) is 14.6 Å². The number of carbonyl (C=O) groups is 1. The van der Waals surface area contributed by atoms with E-state index >= 15 is 0 Å². The molecule has 0 bridgehead atoms. The molecule has 3 heterocycles. The van der Waals surface area contributed by atoms with Crippen molar-refractivity contribution in [2.45, 2.75) is 25.5 Å². The first kappa shape index (κ1) is 15.4. The Morgan fingerprint density at radius 2 is 2.30 bits per heavy atom. The number of rotatable bonds is 5. The molecular formula is C16H18N4O3. The number of nitrogens with zero attached hydrogens (tertiary/aromatic N) is 3. The van der Waals surface area contributed by atoms with Crippen LogP contribution in [0, 0.1) is 0 Å². The van der Waals surface area contributed by atoms with Crippen LogP contribution in [0.1, 0.15) is 12.8 Å². The predicted octanol–water partition coefficient (Wildman–Crippen LogP) is 0.600. The molecule has 1 unspecified atom stereocenters. The Bertz CT molecular complexity index is 724. The third kappa shape index (κ3) is 4.01. The van der Waals surface area contributed by atoms with Crippen molar-refractivity contribution in [3.8, 4) is 11.3 Å². The Balaban J connectivity index is 1.67. The second kappa shape index (κ2) is 7.15. The SMILES string of the molecule is O=C(Cn1nc(-c2cccnc2)ccc1=O)NCC1CCCO1. The van der Waals surface area contributed by atoms with Crippen molar-refractivity contribution in [1.29, 1.82) is 0 Å². The second-order valence-electron chi connectivity index (χ2n) is 5.40. The molecule has 120 valence electrons. The number of pyridine rings is 1. The summed E-state index contributed by atoms with van der Waals surface area (Å²) in [6.07, 6.45) is 5.38. The van der Waals surface area contributed by atoms with Gasteiger partial charge in [-0.25, -0.2) is 4.68 Å². The molecule has 1 aliphatic heterocycles. The molecule has 3 rings (SSSR count). The van der Waals surface area contributed by atoms with E-state index in [-0.39, 0.29) is 24.1 Å². The van der Waals surface area contributed by atoms with Gasteiger partial charge in [0.05, 0.1) is 11.8 Å². The van der Waals surface area contributed by atoms with Gasteiger partial charge in [-0.05, 0) is 31.0 Å². The van der Waals surface area contributed by atoms with E-state index in [0.29, 0.717) is 12.2 Å². The zero-order chi connectivity index (χ0) is 16.1. The molecule has 0 radical (unpaired) electrons. The molecule has 0 saturated carbocycles. The van der Waals surface area contributed by atoms with E-state index in [9.17, 15) is 9.59 Å². The molecule has 0 aromatic carbocycles. The largest absolute Gasteiger partial charge is 0.376 e. The minimum atomic E-state index is -0.315. The van der Waals surface area contributed by atoms with Crippen LogP contribution in [-0.4, -0.2) is 39.9 Å². The van der Waals surface area contributed by atoms with Gasteiger partial charge < -0.3 is 10.1 Å². The van der Waals surface area contributed by atoms with E-state index < -0.39 is 0 Å². The fourth-order valence-corrected chi connectivity index (χ4v) is 2.46. The molecule has 2 aromatic heterocycles. The molecule has 1 aliphatic rings. The minimum Gasteiger partial charge on any atom is -0.376 e. The van der Waals surface area contributed by atoms with Crippen LogP contribution < -0.4 is 10.9 Å². The topological polar surface area (TPSA) is 86.1 Å². The lowest BCUT2D eigenvalue weighted by atomic mass is 10.2. The molecule has 23 heavy (non-hydrogen) atoms. The molecule has 0 aliphatic carbocycles. The summed E-state index contributed by atoms with van der Waals surface area (Å²) >= 11 is 0. The second-order valence-corrected chi connectivity index (χ2v) is 5.40. The van der Waals surface area contributed by atoms with Gasteiger partial charge in [0.25, 0.3) is 5.56 Å². The summed E-state index contributed by atoms with van der Waals surface area (Å²) in [5, 5.41) is 7.02. The summed E-state index contributed by atoms with van der Waals surface area (Å²) in [5.41, 5.74) is 1.08. The average molecular weight is 314 g/mol. The summed E-state index contributed by atoms with van der Waals surface area (Å²) < 4.78 is 6.61. The van der Waals surface area contributed by atoms with Crippen LogP contribution in [0.3, 0.4) is 0 Å². The van der Waals surface area contributed by atoms with Gasteiger partial charge in [-0.2, -0.15) is 5.10 Å². The van der Waals surface area contributed by atoms with Crippen LogP contribution in [0.15, 0.2) is 41.5 Å². The first-order chi connectivity index (χ1) is 11.2. The maximum absolute atomic E-state index is 12.0. The Hall–Kier alpha value is -2.54. The fourth-order valence-electron chi connectivity index (χ4n) is 2.46. The smallest absolute Gasteiger partial charge is 0.267 e. The van der Waals surface area contributed by atoms with Gasteiger partial charge in [-0.15, -0.1) is 0 Å². The van der Waals surface area contributed by atoms with Crippen molar-refractivity contribution in [1.82, 2.24) is 20.1 Å². The molecule has 7 nitrogen and oxygen atoms in total. The number of hydrogen-bond donors (Lipinski definition) is 1. The number of amides is 1. The molecule has 1 saturated heterocycles. The highest BCUT2D eigenvalue weighted by Crippen LogP contribution is 2.12. The van der Waals surface area contributed by atoms with Crippen molar-refractivity contribution < 1.29 is 9.53 Å². The summed E-state index contributed by atoms with van der Waals surface area (Å²) in [5.74, 6) is -0.251.